The van der Waals surface area contributed by atoms with Crippen LogP contribution in [0.25, 0.3) is 0 Å². The van der Waals surface area contributed by atoms with Gasteiger partial charge < -0.3 is 4.74 Å². The lowest BCUT2D eigenvalue weighted by atomic mass is 10.2. The third kappa shape index (κ3) is 1.71. The smallest absolute Gasteiger partial charge is 0.165 e. The minimum atomic E-state index is -0.326. The van der Waals surface area contributed by atoms with E-state index in [9.17, 15) is 4.39 Å². The fourth-order valence-corrected chi connectivity index (χ4v) is 1.11. The van der Waals surface area contributed by atoms with E-state index in [4.69, 9.17) is 4.74 Å². The highest BCUT2D eigenvalue weighted by Gasteiger charge is 2.04. The average molecular weight is 219 g/mol. The van der Waals surface area contributed by atoms with E-state index in [-0.39, 0.29) is 11.6 Å². The molecule has 0 unspecified atom stereocenters. The molecule has 1 aromatic carbocycles. The maximum absolute atomic E-state index is 12.9. The van der Waals surface area contributed by atoms with Gasteiger partial charge in [-0.2, -0.15) is 0 Å². The van der Waals surface area contributed by atoms with Gasteiger partial charge in [0.25, 0.3) is 0 Å². The molecule has 11 heavy (non-hydrogen) atoms. The summed E-state index contributed by atoms with van der Waals surface area (Å²) < 4.78 is 18.5. The topological polar surface area (TPSA) is 9.23 Å². The first kappa shape index (κ1) is 8.53. The van der Waals surface area contributed by atoms with Crippen LogP contribution >= 0.6 is 15.9 Å². The highest BCUT2D eigenvalue weighted by molar-refractivity contribution is 9.10. The van der Waals surface area contributed by atoms with Crippen molar-refractivity contribution in [3.05, 3.63) is 28.0 Å². The lowest BCUT2D eigenvalue weighted by Gasteiger charge is -2.03. The Morgan fingerprint density at radius 1 is 1.45 bits per heavy atom. The standard InChI is InChI=1S/C8H8BrFO/c1-5-3-7(10)8(11-2)4-6(5)9/h3-4H,1-2H3. The Morgan fingerprint density at radius 2 is 2.09 bits per heavy atom. The fraction of sp³-hybridized carbons (Fsp3) is 0.250. The molecule has 3 heteroatoms. The van der Waals surface area contributed by atoms with Gasteiger partial charge in [-0.1, -0.05) is 15.9 Å². The molecular weight excluding hydrogens is 211 g/mol. The van der Waals surface area contributed by atoms with Crippen LogP contribution in [0.3, 0.4) is 0 Å². The van der Waals surface area contributed by atoms with Crippen molar-refractivity contribution in [3.63, 3.8) is 0 Å². The number of halogens is 2. The molecule has 0 amide bonds. The minimum Gasteiger partial charge on any atom is -0.494 e. The first-order valence-corrected chi connectivity index (χ1v) is 3.94. The van der Waals surface area contributed by atoms with E-state index in [0.29, 0.717) is 0 Å². The number of methoxy groups -OCH3 is 1. The molecule has 0 spiro atoms. The van der Waals surface area contributed by atoms with Crippen molar-refractivity contribution in [2.45, 2.75) is 6.92 Å². The highest BCUT2D eigenvalue weighted by Crippen LogP contribution is 2.25. The SMILES string of the molecule is COc1cc(Br)c(C)cc1F. The van der Waals surface area contributed by atoms with E-state index in [1.54, 1.807) is 6.07 Å². The van der Waals surface area contributed by atoms with Crippen molar-refractivity contribution >= 4 is 15.9 Å². The second-order valence-corrected chi connectivity index (χ2v) is 3.09. The summed E-state index contributed by atoms with van der Waals surface area (Å²) in [7, 11) is 1.44. The van der Waals surface area contributed by atoms with Crippen LogP contribution in [0, 0.1) is 12.7 Å². The van der Waals surface area contributed by atoms with Crippen molar-refractivity contribution in [3.8, 4) is 5.75 Å². The Morgan fingerprint density at radius 3 is 2.64 bits per heavy atom. The van der Waals surface area contributed by atoms with Gasteiger partial charge in [0.2, 0.25) is 0 Å². The van der Waals surface area contributed by atoms with Crippen LogP contribution < -0.4 is 4.74 Å². The van der Waals surface area contributed by atoms with Crippen molar-refractivity contribution < 1.29 is 9.13 Å². The number of rotatable bonds is 1. The molecule has 0 heterocycles. The molecule has 0 aliphatic heterocycles. The molecule has 0 N–H and O–H groups in total. The van der Waals surface area contributed by atoms with Crippen molar-refractivity contribution in [1.82, 2.24) is 0 Å². The van der Waals surface area contributed by atoms with Gasteiger partial charge in [-0.15, -0.1) is 0 Å². The fourth-order valence-electron chi connectivity index (χ4n) is 0.784. The molecular formula is C8H8BrFO. The van der Waals surface area contributed by atoms with Crippen LogP contribution in [-0.2, 0) is 0 Å². The summed E-state index contributed by atoms with van der Waals surface area (Å²) in [6, 6.07) is 3.05. The summed E-state index contributed by atoms with van der Waals surface area (Å²) in [5.74, 6) is -0.0596. The molecule has 0 saturated carbocycles. The summed E-state index contributed by atoms with van der Waals surface area (Å²) in [4.78, 5) is 0. The zero-order valence-corrected chi connectivity index (χ0v) is 7.90. The van der Waals surface area contributed by atoms with E-state index >= 15 is 0 Å². The molecule has 1 rings (SSSR count). The molecule has 0 fully saturated rings. The van der Waals surface area contributed by atoms with Gasteiger partial charge in [-0.05, 0) is 24.6 Å². The zero-order valence-electron chi connectivity index (χ0n) is 6.32. The van der Waals surface area contributed by atoms with E-state index in [1.165, 1.54) is 13.2 Å². The van der Waals surface area contributed by atoms with E-state index in [1.807, 2.05) is 6.92 Å². The van der Waals surface area contributed by atoms with Gasteiger partial charge in [-0.3, -0.25) is 0 Å². The molecule has 1 nitrogen and oxygen atoms in total. The summed E-state index contributed by atoms with van der Waals surface area (Å²) in [5, 5.41) is 0. The monoisotopic (exact) mass is 218 g/mol. The minimum absolute atomic E-state index is 0.266. The summed E-state index contributed by atoms with van der Waals surface area (Å²) in [5.41, 5.74) is 0.864. The van der Waals surface area contributed by atoms with E-state index in [0.717, 1.165) is 10.0 Å². The first-order valence-electron chi connectivity index (χ1n) is 3.15. The van der Waals surface area contributed by atoms with Crippen molar-refractivity contribution in [2.75, 3.05) is 7.11 Å². The summed E-state index contributed by atoms with van der Waals surface area (Å²) in [6.07, 6.45) is 0. The van der Waals surface area contributed by atoms with Crippen molar-refractivity contribution in [1.29, 1.82) is 0 Å². The van der Waals surface area contributed by atoms with Gasteiger partial charge in [0.05, 0.1) is 7.11 Å². The van der Waals surface area contributed by atoms with Crippen LogP contribution in [0.1, 0.15) is 5.56 Å². The molecule has 0 aliphatic rings. The van der Waals surface area contributed by atoms with Crippen molar-refractivity contribution in [2.24, 2.45) is 0 Å². The number of aryl methyl sites for hydroxylation is 1. The molecule has 60 valence electrons. The summed E-state index contributed by atoms with van der Waals surface area (Å²) >= 11 is 3.27. The van der Waals surface area contributed by atoms with Crippen LogP contribution in [0.2, 0.25) is 0 Å². The quantitative estimate of drug-likeness (QED) is 0.705. The Labute approximate surface area is 73.3 Å². The molecule has 1 aromatic rings. The number of ether oxygens (including phenoxy) is 1. The van der Waals surface area contributed by atoms with Crippen LogP contribution in [-0.4, -0.2) is 7.11 Å². The lowest BCUT2D eigenvalue weighted by Crippen LogP contribution is -1.89. The number of hydrogen-bond acceptors (Lipinski definition) is 1. The predicted molar refractivity (Wildman–Crippen MR) is 45.4 cm³/mol. The molecule has 0 saturated heterocycles. The van der Waals surface area contributed by atoms with E-state index in [2.05, 4.69) is 15.9 Å². The average Bonchev–Trinajstić information content (AvgIpc) is 1.97. The first-order chi connectivity index (χ1) is 5.15. The Bertz CT molecular complexity index is 273. The second-order valence-electron chi connectivity index (χ2n) is 2.24. The molecule has 0 aliphatic carbocycles. The molecule has 0 atom stereocenters. The highest BCUT2D eigenvalue weighted by atomic mass is 79.9. The Hall–Kier alpha value is -0.570. The maximum Gasteiger partial charge on any atom is 0.165 e. The molecule has 0 aromatic heterocycles. The predicted octanol–water partition coefficient (Wildman–Crippen LogP) is 2.91. The van der Waals surface area contributed by atoms with Gasteiger partial charge in [-0.25, -0.2) is 4.39 Å². The summed E-state index contributed by atoms with van der Waals surface area (Å²) in [6.45, 7) is 1.83. The molecule has 0 bridgehead atoms. The van der Waals surface area contributed by atoms with E-state index < -0.39 is 0 Å². The third-order valence-electron chi connectivity index (χ3n) is 1.43. The second kappa shape index (κ2) is 3.22. The van der Waals surface area contributed by atoms with Gasteiger partial charge in [0.1, 0.15) is 0 Å². The van der Waals surface area contributed by atoms with Crippen LogP contribution in [0.4, 0.5) is 4.39 Å². The van der Waals surface area contributed by atoms with Crippen LogP contribution in [0.15, 0.2) is 16.6 Å². The number of benzene rings is 1. The molecule has 0 radical (unpaired) electrons. The third-order valence-corrected chi connectivity index (χ3v) is 2.29. The number of hydrogen-bond donors (Lipinski definition) is 0. The van der Waals surface area contributed by atoms with Gasteiger partial charge in [0.15, 0.2) is 11.6 Å². The Balaban J connectivity index is 3.21. The maximum atomic E-state index is 12.9. The van der Waals surface area contributed by atoms with Gasteiger partial charge >= 0.3 is 0 Å². The Kier molecular flexibility index (Phi) is 2.49. The van der Waals surface area contributed by atoms with Gasteiger partial charge in [0, 0.05) is 4.47 Å². The zero-order chi connectivity index (χ0) is 8.43. The normalized spacial score (nSPS) is 9.82. The lowest BCUT2D eigenvalue weighted by molar-refractivity contribution is 0.386. The van der Waals surface area contributed by atoms with Crippen LogP contribution in [0.5, 0.6) is 5.75 Å². The largest absolute Gasteiger partial charge is 0.494 e.